The highest BCUT2D eigenvalue weighted by Gasteiger charge is 2.24. The molecule has 0 spiro atoms. The zero-order valence-corrected chi connectivity index (χ0v) is 12.3. The van der Waals surface area contributed by atoms with Gasteiger partial charge in [0.05, 0.1) is 16.9 Å². The molecule has 0 bridgehead atoms. The van der Waals surface area contributed by atoms with Crippen LogP contribution in [-0.4, -0.2) is 48.7 Å². The number of halogens is 1. The molecule has 0 aliphatic rings. The first-order chi connectivity index (χ1) is 8.95. The van der Waals surface area contributed by atoms with E-state index in [1.165, 1.54) is 23.3 Å². The monoisotopic (exact) mass is 305 g/mol. The van der Waals surface area contributed by atoms with E-state index in [1.807, 2.05) is 0 Å². The van der Waals surface area contributed by atoms with Crippen molar-refractivity contribution in [3.8, 4) is 0 Å². The van der Waals surface area contributed by atoms with Crippen LogP contribution in [-0.2, 0) is 14.3 Å². The van der Waals surface area contributed by atoms with Crippen LogP contribution < -0.4 is 0 Å². The number of carboxylic acids is 1. The van der Waals surface area contributed by atoms with Crippen LogP contribution in [0.5, 0.6) is 0 Å². The van der Waals surface area contributed by atoms with E-state index in [0.29, 0.717) is 10.9 Å². The lowest BCUT2D eigenvalue weighted by atomic mass is 10.1. The number of hydrogen-bond acceptors (Lipinski definition) is 4. The Morgan fingerprint density at radius 2 is 2.21 bits per heavy atom. The molecule has 1 N–H and O–H groups in total. The van der Waals surface area contributed by atoms with Crippen LogP contribution in [0.1, 0.15) is 17.7 Å². The van der Waals surface area contributed by atoms with Crippen molar-refractivity contribution in [1.29, 1.82) is 0 Å². The number of rotatable bonds is 7. The van der Waals surface area contributed by atoms with Crippen LogP contribution in [0.3, 0.4) is 0 Å². The van der Waals surface area contributed by atoms with Crippen LogP contribution in [0.2, 0.25) is 4.34 Å². The second-order valence-electron chi connectivity index (χ2n) is 4.01. The number of amides is 1. The second-order valence-corrected chi connectivity index (χ2v) is 5.76. The maximum absolute atomic E-state index is 12.3. The Balaban J connectivity index is 2.76. The molecule has 1 amide bonds. The average Bonchev–Trinajstić information content (AvgIpc) is 2.79. The van der Waals surface area contributed by atoms with Crippen molar-refractivity contribution in [2.45, 2.75) is 12.8 Å². The zero-order valence-electron chi connectivity index (χ0n) is 10.8. The van der Waals surface area contributed by atoms with Crippen molar-refractivity contribution in [2.75, 3.05) is 26.8 Å². The van der Waals surface area contributed by atoms with Crippen molar-refractivity contribution in [1.82, 2.24) is 4.90 Å². The van der Waals surface area contributed by atoms with Crippen LogP contribution in [0, 0.1) is 0 Å². The van der Waals surface area contributed by atoms with Crippen LogP contribution in [0.4, 0.5) is 0 Å². The highest BCUT2D eigenvalue weighted by molar-refractivity contribution is 7.16. The SMILES string of the molecule is COCCN(CC(=O)O)C(=O)C(C)c1ccc(Cl)s1. The van der Waals surface area contributed by atoms with E-state index in [9.17, 15) is 9.59 Å². The number of thiophene rings is 1. The molecule has 1 aromatic heterocycles. The van der Waals surface area contributed by atoms with E-state index in [1.54, 1.807) is 19.1 Å². The normalized spacial score (nSPS) is 12.2. The molecule has 0 fully saturated rings. The number of carboxylic acid groups (broad SMARTS) is 1. The summed E-state index contributed by atoms with van der Waals surface area (Å²) in [6, 6.07) is 3.51. The fraction of sp³-hybridized carbons (Fsp3) is 0.500. The molecule has 0 aromatic carbocycles. The van der Waals surface area contributed by atoms with Crippen LogP contribution >= 0.6 is 22.9 Å². The number of nitrogens with zero attached hydrogens (tertiary/aromatic N) is 1. The summed E-state index contributed by atoms with van der Waals surface area (Å²) in [6.45, 7) is 1.97. The number of hydrogen-bond donors (Lipinski definition) is 1. The second kappa shape index (κ2) is 7.47. The smallest absolute Gasteiger partial charge is 0.323 e. The molecular weight excluding hydrogens is 290 g/mol. The first-order valence-corrected chi connectivity index (χ1v) is 6.90. The van der Waals surface area contributed by atoms with Crippen LogP contribution in [0.25, 0.3) is 0 Å². The topological polar surface area (TPSA) is 66.8 Å². The van der Waals surface area contributed by atoms with Crippen molar-refractivity contribution >= 4 is 34.8 Å². The Bertz CT molecular complexity index is 449. The molecule has 0 aliphatic heterocycles. The number of methoxy groups -OCH3 is 1. The quantitative estimate of drug-likeness (QED) is 0.837. The van der Waals surface area contributed by atoms with Gasteiger partial charge in [0.15, 0.2) is 0 Å². The fourth-order valence-corrected chi connectivity index (χ4v) is 2.69. The van der Waals surface area contributed by atoms with Crippen LogP contribution in [0.15, 0.2) is 12.1 Å². The summed E-state index contributed by atoms with van der Waals surface area (Å²) in [5.41, 5.74) is 0. The first-order valence-electron chi connectivity index (χ1n) is 5.70. The third-order valence-corrected chi connectivity index (χ3v) is 4.01. The average molecular weight is 306 g/mol. The van der Waals surface area contributed by atoms with E-state index in [0.717, 1.165) is 4.88 Å². The third kappa shape index (κ3) is 4.81. The van der Waals surface area contributed by atoms with E-state index in [2.05, 4.69) is 0 Å². The Morgan fingerprint density at radius 3 is 2.68 bits per heavy atom. The van der Waals surface area contributed by atoms with Gasteiger partial charge in [-0.3, -0.25) is 9.59 Å². The summed E-state index contributed by atoms with van der Waals surface area (Å²) in [6.07, 6.45) is 0. The number of ether oxygens (including phenoxy) is 1. The van der Waals surface area contributed by atoms with Gasteiger partial charge in [0, 0.05) is 18.5 Å². The summed E-state index contributed by atoms with van der Waals surface area (Å²) in [4.78, 5) is 25.2. The van der Waals surface area contributed by atoms with Gasteiger partial charge in [-0.05, 0) is 19.1 Å². The Labute approximate surface area is 120 Å². The van der Waals surface area contributed by atoms with Crippen molar-refractivity contribution in [3.63, 3.8) is 0 Å². The van der Waals surface area contributed by atoms with Gasteiger partial charge >= 0.3 is 5.97 Å². The number of carbonyl (C=O) groups excluding carboxylic acids is 1. The Kier molecular flexibility index (Phi) is 6.27. The predicted molar refractivity (Wildman–Crippen MR) is 73.8 cm³/mol. The van der Waals surface area contributed by atoms with Gasteiger partial charge in [-0.25, -0.2) is 0 Å². The van der Waals surface area contributed by atoms with Gasteiger partial charge < -0.3 is 14.7 Å². The Morgan fingerprint density at radius 1 is 1.53 bits per heavy atom. The summed E-state index contributed by atoms with van der Waals surface area (Å²) in [5, 5.41) is 8.84. The molecular formula is C12H16ClNO4S. The van der Waals surface area contributed by atoms with E-state index in [-0.39, 0.29) is 19.0 Å². The molecule has 1 atom stereocenters. The minimum absolute atomic E-state index is 0.238. The maximum atomic E-state index is 12.3. The summed E-state index contributed by atoms with van der Waals surface area (Å²) >= 11 is 7.16. The number of carbonyl (C=O) groups is 2. The number of aliphatic carboxylic acids is 1. The molecule has 106 valence electrons. The van der Waals surface area contributed by atoms with Crippen molar-refractivity contribution < 1.29 is 19.4 Å². The largest absolute Gasteiger partial charge is 0.480 e. The molecule has 1 rings (SSSR count). The predicted octanol–water partition coefficient (Wildman–Crippen LogP) is 2.06. The minimum Gasteiger partial charge on any atom is -0.480 e. The molecule has 7 heteroatoms. The van der Waals surface area contributed by atoms with Gasteiger partial charge in [-0.1, -0.05) is 11.6 Å². The van der Waals surface area contributed by atoms with Crippen molar-refractivity contribution in [2.24, 2.45) is 0 Å². The molecule has 19 heavy (non-hydrogen) atoms. The molecule has 0 saturated heterocycles. The van der Waals surface area contributed by atoms with Gasteiger partial charge in [0.1, 0.15) is 6.54 Å². The Hall–Kier alpha value is -1.11. The molecule has 0 radical (unpaired) electrons. The lowest BCUT2D eigenvalue weighted by Gasteiger charge is -2.23. The fourth-order valence-electron chi connectivity index (χ4n) is 1.59. The van der Waals surface area contributed by atoms with Gasteiger partial charge in [-0.15, -0.1) is 11.3 Å². The lowest BCUT2D eigenvalue weighted by molar-refractivity contribution is -0.145. The summed E-state index contributed by atoms with van der Waals surface area (Å²) < 4.78 is 5.50. The standard InChI is InChI=1S/C12H16ClNO4S/c1-8(9-3-4-10(13)19-9)12(17)14(5-6-18-2)7-11(15)16/h3-4,8H,5-7H2,1-2H3,(H,15,16). The van der Waals surface area contributed by atoms with Gasteiger partial charge in [-0.2, -0.15) is 0 Å². The minimum atomic E-state index is -1.04. The lowest BCUT2D eigenvalue weighted by Crippen LogP contribution is -2.40. The third-order valence-electron chi connectivity index (χ3n) is 2.59. The maximum Gasteiger partial charge on any atom is 0.323 e. The van der Waals surface area contributed by atoms with E-state index < -0.39 is 11.9 Å². The first kappa shape index (κ1) is 15.9. The summed E-state index contributed by atoms with van der Waals surface area (Å²) in [7, 11) is 1.51. The zero-order chi connectivity index (χ0) is 14.4. The molecule has 1 aromatic rings. The van der Waals surface area contributed by atoms with E-state index >= 15 is 0 Å². The molecule has 1 heterocycles. The summed E-state index contributed by atoms with van der Waals surface area (Å²) in [5.74, 6) is -1.69. The molecule has 0 saturated carbocycles. The van der Waals surface area contributed by atoms with Crippen molar-refractivity contribution in [3.05, 3.63) is 21.3 Å². The van der Waals surface area contributed by atoms with Gasteiger partial charge in [0.2, 0.25) is 5.91 Å². The highest BCUT2D eigenvalue weighted by atomic mass is 35.5. The van der Waals surface area contributed by atoms with Gasteiger partial charge in [0.25, 0.3) is 0 Å². The molecule has 0 aliphatic carbocycles. The molecule has 1 unspecified atom stereocenters. The highest BCUT2D eigenvalue weighted by Crippen LogP contribution is 2.29. The van der Waals surface area contributed by atoms with E-state index in [4.69, 9.17) is 21.4 Å². The molecule has 5 nitrogen and oxygen atoms in total.